The molecule has 1 fully saturated rings. The Bertz CT molecular complexity index is 519. The number of amides is 3. The largest absolute Gasteiger partial charge is 0.339 e. The highest BCUT2D eigenvalue weighted by Crippen LogP contribution is 2.11. The van der Waals surface area contributed by atoms with E-state index in [1.165, 1.54) is 0 Å². The average molecular weight is 324 g/mol. The Morgan fingerprint density at radius 2 is 1.77 bits per heavy atom. The molecular weight excluding hydrogens is 300 g/mol. The topological polar surface area (TPSA) is 56.8 Å². The lowest BCUT2D eigenvalue weighted by molar-refractivity contribution is -0.132. The van der Waals surface area contributed by atoms with Crippen LogP contribution in [-0.2, 0) is 11.2 Å². The Morgan fingerprint density at radius 1 is 1.18 bits per heavy atom. The van der Waals surface area contributed by atoms with Crippen LogP contribution in [0.5, 0.6) is 0 Å². The van der Waals surface area contributed by atoms with Gasteiger partial charge < -0.3 is 14.7 Å². The summed E-state index contributed by atoms with van der Waals surface area (Å²) in [4.78, 5) is 34.4. The molecule has 7 heteroatoms. The van der Waals surface area contributed by atoms with Gasteiger partial charge in [0.05, 0.1) is 17.1 Å². The van der Waals surface area contributed by atoms with Crippen LogP contribution in [0, 0.1) is 6.92 Å². The Kier molecular flexibility index (Phi) is 5.76. The van der Waals surface area contributed by atoms with Gasteiger partial charge in [0.2, 0.25) is 5.91 Å². The number of aromatic nitrogens is 1. The van der Waals surface area contributed by atoms with E-state index in [4.69, 9.17) is 0 Å². The van der Waals surface area contributed by atoms with Crippen molar-refractivity contribution in [1.82, 2.24) is 19.7 Å². The molecule has 2 heterocycles. The molecule has 0 radical (unpaired) electrons. The Morgan fingerprint density at radius 3 is 2.27 bits per heavy atom. The number of carbonyl (C=O) groups is 2. The average Bonchev–Trinajstić information content (AvgIpc) is 2.93. The second kappa shape index (κ2) is 7.58. The van der Waals surface area contributed by atoms with Crippen LogP contribution in [0.4, 0.5) is 4.79 Å². The Balaban J connectivity index is 1.83. The second-order valence-electron chi connectivity index (χ2n) is 5.36. The van der Waals surface area contributed by atoms with Crippen molar-refractivity contribution in [1.29, 1.82) is 0 Å². The van der Waals surface area contributed by atoms with Gasteiger partial charge >= 0.3 is 6.03 Å². The van der Waals surface area contributed by atoms with Gasteiger partial charge in [0.15, 0.2) is 0 Å². The van der Waals surface area contributed by atoms with Crippen LogP contribution in [0.1, 0.15) is 24.5 Å². The molecule has 3 amide bonds. The van der Waals surface area contributed by atoms with E-state index in [2.05, 4.69) is 4.98 Å². The molecule has 122 valence electrons. The fourth-order valence-electron chi connectivity index (χ4n) is 2.60. The predicted molar refractivity (Wildman–Crippen MR) is 87.0 cm³/mol. The van der Waals surface area contributed by atoms with Gasteiger partial charge in [-0.2, -0.15) is 0 Å². The molecule has 0 saturated carbocycles. The normalized spacial score (nSPS) is 15.0. The first kappa shape index (κ1) is 16.7. The highest BCUT2D eigenvalue weighted by Gasteiger charge is 2.26. The van der Waals surface area contributed by atoms with Crippen LogP contribution in [0.15, 0.2) is 5.38 Å². The van der Waals surface area contributed by atoms with Gasteiger partial charge in [-0.25, -0.2) is 9.78 Å². The van der Waals surface area contributed by atoms with Crippen molar-refractivity contribution in [3.8, 4) is 0 Å². The standard InChI is InChI=1S/C15H24N4O2S/c1-4-17(5-2)15(21)19-8-6-18(7-9-19)14(20)10-13-11-22-12(3)16-13/h11H,4-10H2,1-3H3. The molecule has 2 rings (SSSR count). The van der Waals surface area contributed by atoms with Crippen LogP contribution >= 0.6 is 11.3 Å². The highest BCUT2D eigenvalue weighted by molar-refractivity contribution is 7.09. The minimum atomic E-state index is 0.0761. The molecule has 6 nitrogen and oxygen atoms in total. The van der Waals surface area contributed by atoms with Gasteiger partial charge in [-0.3, -0.25) is 4.79 Å². The maximum absolute atomic E-state index is 12.3. The zero-order valence-corrected chi connectivity index (χ0v) is 14.4. The fourth-order valence-corrected chi connectivity index (χ4v) is 3.21. The molecule has 0 spiro atoms. The van der Waals surface area contributed by atoms with Gasteiger partial charge in [-0.1, -0.05) is 0 Å². The molecule has 0 N–H and O–H groups in total. The predicted octanol–water partition coefficient (Wildman–Crippen LogP) is 1.60. The first-order valence-corrected chi connectivity index (χ1v) is 8.65. The summed E-state index contributed by atoms with van der Waals surface area (Å²) in [5.41, 5.74) is 0.842. The SMILES string of the molecule is CCN(CC)C(=O)N1CCN(C(=O)Cc2csc(C)n2)CC1. The molecule has 0 unspecified atom stereocenters. The first-order valence-electron chi connectivity index (χ1n) is 7.77. The van der Waals surface area contributed by atoms with E-state index < -0.39 is 0 Å². The monoisotopic (exact) mass is 324 g/mol. The van der Waals surface area contributed by atoms with Gasteiger partial charge in [0.25, 0.3) is 0 Å². The summed E-state index contributed by atoms with van der Waals surface area (Å²) in [5, 5.41) is 2.92. The lowest BCUT2D eigenvalue weighted by Crippen LogP contribution is -2.54. The third-order valence-corrected chi connectivity index (χ3v) is 4.76. The van der Waals surface area contributed by atoms with Crippen molar-refractivity contribution in [2.75, 3.05) is 39.3 Å². The molecule has 1 saturated heterocycles. The van der Waals surface area contributed by atoms with Crippen molar-refractivity contribution in [3.63, 3.8) is 0 Å². The van der Waals surface area contributed by atoms with Gasteiger partial charge in [-0.15, -0.1) is 11.3 Å². The zero-order chi connectivity index (χ0) is 16.1. The van der Waals surface area contributed by atoms with Crippen LogP contribution in [0.3, 0.4) is 0 Å². The van der Waals surface area contributed by atoms with Crippen molar-refractivity contribution in [3.05, 3.63) is 16.1 Å². The lowest BCUT2D eigenvalue weighted by atomic mass is 10.2. The van der Waals surface area contributed by atoms with E-state index in [1.54, 1.807) is 11.3 Å². The number of hydrogen-bond donors (Lipinski definition) is 0. The Hall–Kier alpha value is -1.63. The number of urea groups is 1. The molecular formula is C15H24N4O2S. The third kappa shape index (κ3) is 3.97. The number of nitrogens with zero attached hydrogens (tertiary/aromatic N) is 4. The third-order valence-electron chi connectivity index (χ3n) is 3.94. The van der Waals surface area contributed by atoms with E-state index in [9.17, 15) is 9.59 Å². The summed E-state index contributed by atoms with van der Waals surface area (Å²) in [5.74, 6) is 0.0974. The number of hydrogen-bond acceptors (Lipinski definition) is 4. The van der Waals surface area contributed by atoms with E-state index in [1.807, 2.05) is 40.9 Å². The lowest BCUT2D eigenvalue weighted by Gasteiger charge is -2.37. The number of carbonyl (C=O) groups excluding carboxylic acids is 2. The maximum atomic E-state index is 12.3. The molecule has 1 aliphatic rings. The van der Waals surface area contributed by atoms with E-state index in [-0.39, 0.29) is 11.9 Å². The molecule has 1 aromatic rings. The summed E-state index contributed by atoms with van der Waals surface area (Å²) in [6.45, 7) is 9.78. The molecule has 1 aliphatic heterocycles. The van der Waals surface area contributed by atoms with Gasteiger partial charge in [0.1, 0.15) is 0 Å². The maximum Gasteiger partial charge on any atom is 0.320 e. The van der Waals surface area contributed by atoms with Crippen LogP contribution in [0.2, 0.25) is 0 Å². The Labute approximate surface area is 135 Å². The van der Waals surface area contributed by atoms with Crippen molar-refractivity contribution >= 4 is 23.3 Å². The molecule has 0 aromatic carbocycles. The number of thiazole rings is 1. The summed E-state index contributed by atoms with van der Waals surface area (Å²) in [7, 11) is 0. The molecule has 22 heavy (non-hydrogen) atoms. The summed E-state index contributed by atoms with van der Waals surface area (Å²) in [6, 6.07) is 0.0761. The summed E-state index contributed by atoms with van der Waals surface area (Å²) >= 11 is 1.57. The number of piperazine rings is 1. The number of aryl methyl sites for hydroxylation is 1. The highest BCUT2D eigenvalue weighted by atomic mass is 32.1. The van der Waals surface area contributed by atoms with Crippen molar-refractivity contribution < 1.29 is 9.59 Å². The zero-order valence-electron chi connectivity index (χ0n) is 13.5. The van der Waals surface area contributed by atoms with Crippen LogP contribution in [0.25, 0.3) is 0 Å². The summed E-state index contributed by atoms with van der Waals surface area (Å²) < 4.78 is 0. The van der Waals surface area contributed by atoms with Crippen LogP contribution < -0.4 is 0 Å². The van der Waals surface area contributed by atoms with Crippen molar-refractivity contribution in [2.45, 2.75) is 27.2 Å². The second-order valence-corrected chi connectivity index (χ2v) is 6.42. The van der Waals surface area contributed by atoms with E-state index >= 15 is 0 Å². The smallest absolute Gasteiger partial charge is 0.320 e. The molecule has 0 bridgehead atoms. The van der Waals surface area contributed by atoms with Crippen LogP contribution in [-0.4, -0.2) is 70.9 Å². The van der Waals surface area contributed by atoms with E-state index in [0.717, 1.165) is 23.8 Å². The van der Waals surface area contributed by atoms with Gasteiger partial charge in [-0.05, 0) is 20.8 Å². The van der Waals surface area contributed by atoms with Gasteiger partial charge in [0, 0.05) is 44.6 Å². The molecule has 0 aliphatic carbocycles. The number of rotatable bonds is 4. The molecule has 1 aromatic heterocycles. The minimum Gasteiger partial charge on any atom is -0.339 e. The first-order chi connectivity index (χ1) is 10.5. The van der Waals surface area contributed by atoms with E-state index in [0.29, 0.717) is 32.6 Å². The quantitative estimate of drug-likeness (QED) is 0.845. The minimum absolute atomic E-state index is 0.0761. The summed E-state index contributed by atoms with van der Waals surface area (Å²) in [6.07, 6.45) is 0.355. The van der Waals surface area contributed by atoms with Crippen molar-refractivity contribution in [2.24, 2.45) is 0 Å². The molecule has 0 atom stereocenters. The fraction of sp³-hybridized carbons (Fsp3) is 0.667.